The summed E-state index contributed by atoms with van der Waals surface area (Å²) in [7, 11) is 0. The third kappa shape index (κ3) is 4.46. The third-order valence-corrected chi connectivity index (χ3v) is 5.01. The van der Waals surface area contributed by atoms with Crippen LogP contribution in [0, 0.1) is 5.92 Å². The molecule has 0 aliphatic heterocycles. The highest BCUT2D eigenvalue weighted by atomic mass is 79.9. The Labute approximate surface area is 145 Å². The summed E-state index contributed by atoms with van der Waals surface area (Å²) >= 11 is 3.45. The molecule has 1 saturated carbocycles. The molecule has 0 spiro atoms. The molecule has 1 aliphatic carbocycles. The number of aliphatic hydroxyl groups excluding tert-OH is 1. The summed E-state index contributed by atoms with van der Waals surface area (Å²) in [5.41, 5.74) is 8.34. The number of esters is 1. The summed E-state index contributed by atoms with van der Waals surface area (Å²) in [6.07, 6.45) is 4.83. The Morgan fingerprint density at radius 2 is 2.17 bits per heavy atom. The molecular weight excluding hydrogens is 360 g/mol. The molecule has 0 amide bonds. The number of halogens is 1. The van der Waals surface area contributed by atoms with Crippen LogP contribution in [0.5, 0.6) is 0 Å². The number of carbonyl (C=O) groups is 1. The highest BCUT2D eigenvalue weighted by molar-refractivity contribution is 9.10. The van der Waals surface area contributed by atoms with Crippen LogP contribution >= 0.6 is 15.9 Å². The van der Waals surface area contributed by atoms with Crippen molar-refractivity contribution in [2.45, 2.75) is 38.6 Å². The van der Waals surface area contributed by atoms with Crippen molar-refractivity contribution in [3.8, 4) is 0 Å². The van der Waals surface area contributed by atoms with Gasteiger partial charge in [-0.15, -0.1) is 0 Å². The molecule has 0 heterocycles. The lowest BCUT2D eigenvalue weighted by Gasteiger charge is -2.27. The normalized spacial score (nSPS) is 16.5. The van der Waals surface area contributed by atoms with Gasteiger partial charge in [-0.2, -0.15) is 0 Å². The molecule has 6 heteroatoms. The van der Waals surface area contributed by atoms with E-state index >= 15 is 0 Å². The summed E-state index contributed by atoms with van der Waals surface area (Å²) in [6.45, 7) is 2.73. The smallest absolute Gasteiger partial charge is 0.338 e. The van der Waals surface area contributed by atoms with Crippen molar-refractivity contribution in [3.05, 3.63) is 27.7 Å². The minimum absolute atomic E-state index is 0.00454. The quantitative estimate of drug-likeness (QED) is 0.496. The van der Waals surface area contributed by atoms with Gasteiger partial charge in [-0.05, 0) is 58.9 Å². The Kier molecular flexibility index (Phi) is 6.87. The minimum atomic E-state index is -0.442. The van der Waals surface area contributed by atoms with Crippen LogP contribution in [0.3, 0.4) is 0 Å². The third-order valence-electron chi connectivity index (χ3n) is 4.35. The van der Waals surface area contributed by atoms with Crippen LogP contribution in [-0.2, 0) is 4.74 Å². The Hall–Kier alpha value is -1.11. The number of nitrogens with one attached hydrogen (secondary N) is 1. The first kappa shape index (κ1) is 18.2. The van der Waals surface area contributed by atoms with Crippen molar-refractivity contribution in [3.63, 3.8) is 0 Å². The zero-order valence-corrected chi connectivity index (χ0v) is 15.1. The van der Waals surface area contributed by atoms with E-state index in [9.17, 15) is 4.79 Å². The van der Waals surface area contributed by atoms with Gasteiger partial charge in [-0.25, -0.2) is 4.79 Å². The maximum Gasteiger partial charge on any atom is 0.338 e. The van der Waals surface area contributed by atoms with E-state index < -0.39 is 5.97 Å². The average Bonchev–Trinajstić information content (AvgIpc) is 3.07. The van der Waals surface area contributed by atoms with E-state index in [1.165, 1.54) is 25.7 Å². The maximum atomic E-state index is 12.1. The molecule has 5 nitrogen and oxygen atoms in total. The monoisotopic (exact) mass is 384 g/mol. The number of aliphatic hydroxyl groups is 1. The molecule has 0 aromatic heterocycles. The Morgan fingerprint density at radius 3 is 2.78 bits per heavy atom. The molecule has 0 radical (unpaired) electrons. The first-order valence-corrected chi connectivity index (χ1v) is 8.98. The first-order valence-electron chi connectivity index (χ1n) is 8.18. The van der Waals surface area contributed by atoms with Gasteiger partial charge in [0.15, 0.2) is 0 Å². The second kappa shape index (κ2) is 8.66. The van der Waals surface area contributed by atoms with Gasteiger partial charge in [0.25, 0.3) is 0 Å². The SMILES string of the molecule is CCNC(c1cc(C(=O)OCCO)cc(Br)c1N)C1CCCC1. The molecule has 23 heavy (non-hydrogen) atoms. The number of hydrogen-bond acceptors (Lipinski definition) is 5. The van der Waals surface area contributed by atoms with E-state index in [0.29, 0.717) is 21.6 Å². The molecule has 2 rings (SSSR count). The fourth-order valence-corrected chi connectivity index (χ4v) is 3.75. The fraction of sp³-hybridized carbons (Fsp3) is 0.588. The fourth-order valence-electron chi connectivity index (χ4n) is 3.28. The Morgan fingerprint density at radius 1 is 1.48 bits per heavy atom. The summed E-state index contributed by atoms with van der Waals surface area (Å²) in [4.78, 5) is 12.1. The molecule has 1 aromatic rings. The van der Waals surface area contributed by atoms with Crippen molar-refractivity contribution in [1.82, 2.24) is 5.32 Å². The van der Waals surface area contributed by atoms with E-state index in [2.05, 4.69) is 28.2 Å². The Balaban J connectivity index is 2.34. The predicted molar refractivity (Wildman–Crippen MR) is 94.3 cm³/mol. The number of nitrogens with two attached hydrogens (primary N) is 1. The number of anilines is 1. The molecular formula is C17H25BrN2O3. The second-order valence-corrected chi connectivity index (χ2v) is 6.75. The zero-order valence-electron chi connectivity index (χ0n) is 13.5. The van der Waals surface area contributed by atoms with Gasteiger partial charge in [0, 0.05) is 10.5 Å². The lowest BCUT2D eigenvalue weighted by atomic mass is 9.89. The van der Waals surface area contributed by atoms with Crippen molar-refractivity contribution in [2.24, 2.45) is 5.92 Å². The lowest BCUT2D eigenvalue weighted by Crippen LogP contribution is -2.28. The number of carbonyl (C=O) groups excluding carboxylic acids is 1. The van der Waals surface area contributed by atoms with Crippen LogP contribution in [0.25, 0.3) is 0 Å². The van der Waals surface area contributed by atoms with Gasteiger partial charge < -0.3 is 20.9 Å². The summed E-state index contributed by atoms with van der Waals surface area (Å²) in [5, 5.41) is 12.3. The standard InChI is InChI=1S/C17H25BrN2O3/c1-2-20-16(11-5-3-4-6-11)13-9-12(10-14(18)15(13)19)17(22)23-8-7-21/h9-11,16,20-21H,2-8,19H2,1H3. The van der Waals surface area contributed by atoms with E-state index in [1.807, 2.05) is 6.07 Å². The van der Waals surface area contributed by atoms with Crippen LogP contribution in [0.15, 0.2) is 16.6 Å². The second-order valence-electron chi connectivity index (χ2n) is 5.90. The highest BCUT2D eigenvalue weighted by Crippen LogP contribution is 2.40. The molecule has 0 bridgehead atoms. The van der Waals surface area contributed by atoms with Gasteiger partial charge in [0.1, 0.15) is 6.61 Å². The molecule has 128 valence electrons. The summed E-state index contributed by atoms with van der Waals surface area (Å²) in [6, 6.07) is 3.64. The van der Waals surface area contributed by atoms with Crippen LogP contribution in [0.4, 0.5) is 5.69 Å². The molecule has 0 saturated heterocycles. The number of benzene rings is 1. The van der Waals surface area contributed by atoms with Crippen LogP contribution in [-0.4, -0.2) is 30.8 Å². The molecule has 1 unspecified atom stereocenters. The van der Waals surface area contributed by atoms with Crippen LogP contribution in [0.2, 0.25) is 0 Å². The maximum absolute atomic E-state index is 12.1. The van der Waals surface area contributed by atoms with E-state index in [1.54, 1.807) is 6.07 Å². The number of nitrogen functional groups attached to an aromatic ring is 1. The van der Waals surface area contributed by atoms with Gasteiger partial charge in [0.05, 0.1) is 17.9 Å². The van der Waals surface area contributed by atoms with E-state index in [4.69, 9.17) is 15.6 Å². The first-order chi connectivity index (χ1) is 11.1. The largest absolute Gasteiger partial charge is 0.460 e. The van der Waals surface area contributed by atoms with Gasteiger partial charge in [-0.3, -0.25) is 0 Å². The lowest BCUT2D eigenvalue weighted by molar-refractivity contribution is 0.0433. The Bertz CT molecular complexity index is 545. The number of ether oxygens (including phenoxy) is 1. The summed E-state index contributed by atoms with van der Waals surface area (Å²) < 4.78 is 5.72. The van der Waals surface area contributed by atoms with Crippen molar-refractivity contribution in [1.29, 1.82) is 0 Å². The molecule has 1 aromatic carbocycles. The molecule has 1 atom stereocenters. The van der Waals surface area contributed by atoms with Crippen LogP contribution < -0.4 is 11.1 Å². The average molecular weight is 385 g/mol. The summed E-state index contributed by atoms with van der Waals surface area (Å²) in [5.74, 6) is 0.0931. The molecule has 4 N–H and O–H groups in total. The topological polar surface area (TPSA) is 84.6 Å². The van der Waals surface area contributed by atoms with Crippen molar-refractivity contribution >= 4 is 27.6 Å². The van der Waals surface area contributed by atoms with E-state index in [-0.39, 0.29) is 19.3 Å². The van der Waals surface area contributed by atoms with Gasteiger partial charge in [0.2, 0.25) is 0 Å². The van der Waals surface area contributed by atoms with Crippen molar-refractivity contribution < 1.29 is 14.6 Å². The van der Waals surface area contributed by atoms with Crippen LogP contribution in [0.1, 0.15) is 54.6 Å². The van der Waals surface area contributed by atoms with Crippen molar-refractivity contribution in [2.75, 3.05) is 25.5 Å². The minimum Gasteiger partial charge on any atom is -0.460 e. The van der Waals surface area contributed by atoms with Gasteiger partial charge in [-0.1, -0.05) is 19.8 Å². The molecule has 1 aliphatic rings. The zero-order chi connectivity index (χ0) is 16.8. The number of rotatable bonds is 7. The number of hydrogen-bond donors (Lipinski definition) is 3. The highest BCUT2D eigenvalue weighted by Gasteiger charge is 2.28. The van der Waals surface area contributed by atoms with E-state index in [0.717, 1.165) is 12.1 Å². The molecule has 1 fully saturated rings. The van der Waals surface area contributed by atoms with Gasteiger partial charge >= 0.3 is 5.97 Å². The predicted octanol–water partition coefficient (Wildman–Crippen LogP) is 3.02.